The number of hydrogen-bond acceptors (Lipinski definition) is 2. The molecule has 10 heavy (non-hydrogen) atoms. The van der Waals surface area contributed by atoms with E-state index < -0.39 is 5.82 Å². The lowest BCUT2D eigenvalue weighted by Gasteiger charge is -1.97. The highest BCUT2D eigenvalue weighted by molar-refractivity contribution is 5.79. The van der Waals surface area contributed by atoms with E-state index in [9.17, 15) is 4.39 Å². The summed E-state index contributed by atoms with van der Waals surface area (Å²) in [5.41, 5.74) is 1.00. The van der Waals surface area contributed by atoms with E-state index in [-0.39, 0.29) is 0 Å². The van der Waals surface area contributed by atoms with E-state index >= 15 is 0 Å². The van der Waals surface area contributed by atoms with Crippen molar-refractivity contribution in [1.29, 1.82) is 5.41 Å². The van der Waals surface area contributed by atoms with E-state index in [1.807, 2.05) is 0 Å². The first kappa shape index (κ1) is 6.86. The molecule has 0 saturated carbocycles. The minimum Gasteiger partial charge on any atom is -0.308 e. The van der Waals surface area contributed by atoms with Gasteiger partial charge in [0.1, 0.15) is 5.82 Å². The van der Waals surface area contributed by atoms with Crippen LogP contribution in [0.5, 0.6) is 0 Å². The fourth-order valence-electron chi connectivity index (χ4n) is 0.725. The largest absolute Gasteiger partial charge is 0.308 e. The van der Waals surface area contributed by atoms with Gasteiger partial charge < -0.3 is 5.41 Å². The van der Waals surface area contributed by atoms with Crippen LogP contribution in [0.1, 0.15) is 11.1 Å². The van der Waals surface area contributed by atoms with Crippen molar-refractivity contribution in [2.45, 2.75) is 6.92 Å². The van der Waals surface area contributed by atoms with Crippen molar-refractivity contribution in [3.8, 4) is 0 Å². The molecule has 0 unspecified atom stereocenters. The summed E-state index contributed by atoms with van der Waals surface area (Å²) < 4.78 is 12.6. The van der Waals surface area contributed by atoms with E-state index in [1.165, 1.54) is 6.20 Å². The molecular formula is C7H7FN2. The molecule has 0 amide bonds. The van der Waals surface area contributed by atoms with Crippen molar-refractivity contribution < 1.29 is 4.39 Å². The zero-order valence-electron chi connectivity index (χ0n) is 5.56. The lowest BCUT2D eigenvalue weighted by Crippen LogP contribution is -1.92. The first-order chi connectivity index (χ1) is 4.75. The maximum atomic E-state index is 12.6. The summed E-state index contributed by atoms with van der Waals surface area (Å²) in [6, 6.07) is 0. The molecule has 52 valence electrons. The van der Waals surface area contributed by atoms with Gasteiger partial charge in [0.05, 0.1) is 6.20 Å². The molecule has 0 atom stereocenters. The van der Waals surface area contributed by atoms with Gasteiger partial charge in [-0.3, -0.25) is 4.98 Å². The molecular weight excluding hydrogens is 131 g/mol. The van der Waals surface area contributed by atoms with Gasteiger partial charge in [0, 0.05) is 18.0 Å². The van der Waals surface area contributed by atoms with Crippen LogP contribution in [-0.4, -0.2) is 11.2 Å². The molecule has 0 saturated heterocycles. The van der Waals surface area contributed by atoms with Crippen LogP contribution in [0.4, 0.5) is 4.39 Å². The summed E-state index contributed by atoms with van der Waals surface area (Å²) in [6.45, 7) is 1.72. The molecule has 0 aromatic carbocycles. The van der Waals surface area contributed by atoms with E-state index in [2.05, 4.69) is 4.98 Å². The van der Waals surface area contributed by atoms with Gasteiger partial charge in [-0.2, -0.15) is 0 Å². The molecule has 1 rings (SSSR count). The van der Waals surface area contributed by atoms with Crippen LogP contribution in [-0.2, 0) is 0 Å². The second kappa shape index (κ2) is 2.56. The Morgan fingerprint density at radius 3 is 2.70 bits per heavy atom. The molecule has 0 fully saturated rings. The lowest BCUT2D eigenvalue weighted by atomic mass is 10.2. The maximum Gasteiger partial charge on any atom is 0.150 e. The molecule has 0 aliphatic carbocycles. The fourth-order valence-corrected chi connectivity index (χ4v) is 0.725. The van der Waals surface area contributed by atoms with Crippen LogP contribution >= 0.6 is 0 Å². The second-order valence-electron chi connectivity index (χ2n) is 2.00. The lowest BCUT2D eigenvalue weighted by molar-refractivity contribution is 0.618. The van der Waals surface area contributed by atoms with Gasteiger partial charge in [-0.25, -0.2) is 4.39 Å². The molecule has 0 aliphatic rings. The SMILES string of the molecule is Cc1cncc(F)c1C=N. The van der Waals surface area contributed by atoms with E-state index in [0.717, 1.165) is 12.4 Å². The van der Waals surface area contributed by atoms with Crippen LogP contribution < -0.4 is 0 Å². The van der Waals surface area contributed by atoms with Crippen LogP contribution in [0.2, 0.25) is 0 Å². The summed E-state index contributed by atoms with van der Waals surface area (Å²) in [4.78, 5) is 3.61. The van der Waals surface area contributed by atoms with Crippen molar-refractivity contribution in [3.05, 3.63) is 29.3 Å². The van der Waals surface area contributed by atoms with Gasteiger partial charge in [0.15, 0.2) is 0 Å². The Kier molecular flexibility index (Phi) is 1.76. The Labute approximate surface area is 58.2 Å². The maximum absolute atomic E-state index is 12.6. The third-order valence-corrected chi connectivity index (χ3v) is 1.28. The number of nitrogens with one attached hydrogen (secondary N) is 1. The van der Waals surface area contributed by atoms with Gasteiger partial charge in [0.2, 0.25) is 0 Å². The summed E-state index contributed by atoms with van der Waals surface area (Å²) in [6.07, 6.45) is 3.63. The van der Waals surface area contributed by atoms with Gasteiger partial charge in [0.25, 0.3) is 0 Å². The minimum atomic E-state index is -0.435. The third-order valence-electron chi connectivity index (χ3n) is 1.28. The van der Waals surface area contributed by atoms with Crippen molar-refractivity contribution in [1.82, 2.24) is 4.98 Å². The molecule has 0 aliphatic heterocycles. The number of pyridine rings is 1. The predicted octanol–water partition coefficient (Wildman–Crippen LogP) is 1.53. The Balaban J connectivity index is 3.30. The highest BCUT2D eigenvalue weighted by Gasteiger charge is 2.00. The molecule has 1 aromatic rings. The number of hydrogen-bond donors (Lipinski definition) is 1. The van der Waals surface area contributed by atoms with Gasteiger partial charge in [-0.15, -0.1) is 0 Å². The Morgan fingerprint density at radius 1 is 1.60 bits per heavy atom. The van der Waals surface area contributed by atoms with Crippen LogP contribution in [0.15, 0.2) is 12.4 Å². The highest BCUT2D eigenvalue weighted by atomic mass is 19.1. The summed E-state index contributed by atoms with van der Waals surface area (Å²) in [7, 11) is 0. The summed E-state index contributed by atoms with van der Waals surface area (Å²) in [5, 5.41) is 6.83. The molecule has 3 heteroatoms. The van der Waals surface area contributed by atoms with E-state index in [4.69, 9.17) is 5.41 Å². The highest BCUT2D eigenvalue weighted by Crippen LogP contribution is 2.06. The standard InChI is InChI=1S/C7H7FN2/c1-5-3-10-4-7(8)6(5)2-9/h2-4,9H,1H3. The average molecular weight is 138 g/mol. The fraction of sp³-hybridized carbons (Fsp3) is 0.143. The molecule has 1 heterocycles. The summed E-state index contributed by atoms with van der Waals surface area (Å²) >= 11 is 0. The van der Waals surface area contributed by atoms with E-state index in [0.29, 0.717) is 11.1 Å². The Bertz CT molecular complexity index is 238. The van der Waals surface area contributed by atoms with Crippen molar-refractivity contribution in [2.75, 3.05) is 0 Å². The minimum absolute atomic E-state index is 0.315. The summed E-state index contributed by atoms with van der Waals surface area (Å²) in [5.74, 6) is -0.435. The number of aryl methyl sites for hydroxylation is 1. The van der Waals surface area contributed by atoms with Crippen molar-refractivity contribution in [3.63, 3.8) is 0 Å². The van der Waals surface area contributed by atoms with Gasteiger partial charge in [-0.1, -0.05) is 0 Å². The number of halogens is 1. The molecule has 0 radical (unpaired) electrons. The van der Waals surface area contributed by atoms with Crippen LogP contribution in [0.3, 0.4) is 0 Å². The second-order valence-corrected chi connectivity index (χ2v) is 2.00. The Hall–Kier alpha value is -1.25. The quantitative estimate of drug-likeness (QED) is 0.587. The Morgan fingerprint density at radius 2 is 2.30 bits per heavy atom. The third kappa shape index (κ3) is 1.03. The molecule has 1 N–H and O–H groups in total. The predicted molar refractivity (Wildman–Crippen MR) is 36.8 cm³/mol. The molecule has 1 aromatic heterocycles. The van der Waals surface area contributed by atoms with Crippen molar-refractivity contribution >= 4 is 6.21 Å². The van der Waals surface area contributed by atoms with Gasteiger partial charge >= 0.3 is 0 Å². The number of rotatable bonds is 1. The molecule has 0 bridgehead atoms. The first-order valence-corrected chi connectivity index (χ1v) is 2.86. The van der Waals surface area contributed by atoms with Crippen LogP contribution in [0, 0.1) is 18.2 Å². The zero-order chi connectivity index (χ0) is 7.56. The average Bonchev–Trinajstić information content (AvgIpc) is 1.88. The first-order valence-electron chi connectivity index (χ1n) is 2.86. The smallest absolute Gasteiger partial charge is 0.150 e. The van der Waals surface area contributed by atoms with Crippen LogP contribution in [0.25, 0.3) is 0 Å². The van der Waals surface area contributed by atoms with E-state index in [1.54, 1.807) is 6.92 Å². The molecule has 2 nitrogen and oxygen atoms in total. The van der Waals surface area contributed by atoms with Gasteiger partial charge in [-0.05, 0) is 12.5 Å². The van der Waals surface area contributed by atoms with Crippen molar-refractivity contribution in [2.24, 2.45) is 0 Å². The zero-order valence-corrected chi connectivity index (χ0v) is 5.56. The number of aromatic nitrogens is 1. The number of nitrogens with zero attached hydrogens (tertiary/aromatic N) is 1. The normalized spacial score (nSPS) is 9.40. The molecule has 0 spiro atoms. The monoisotopic (exact) mass is 138 g/mol. The topological polar surface area (TPSA) is 36.7 Å².